The van der Waals surface area contributed by atoms with Gasteiger partial charge in [0.1, 0.15) is 0 Å². The lowest BCUT2D eigenvalue weighted by Gasteiger charge is -2.30. The number of amides is 1. The lowest BCUT2D eigenvalue weighted by atomic mass is 10.1. The first-order valence-electron chi connectivity index (χ1n) is 10.8. The van der Waals surface area contributed by atoms with Gasteiger partial charge in [-0.15, -0.1) is 0 Å². The van der Waals surface area contributed by atoms with Gasteiger partial charge in [0.2, 0.25) is 0 Å². The van der Waals surface area contributed by atoms with Gasteiger partial charge in [0.25, 0.3) is 11.6 Å². The van der Waals surface area contributed by atoms with Crippen LogP contribution < -0.4 is 10.2 Å². The van der Waals surface area contributed by atoms with E-state index in [-0.39, 0.29) is 11.6 Å². The van der Waals surface area contributed by atoms with Crippen molar-refractivity contribution in [2.24, 2.45) is 0 Å². The predicted molar refractivity (Wildman–Crippen MR) is 118 cm³/mol. The molecule has 2 saturated heterocycles. The van der Waals surface area contributed by atoms with Crippen molar-refractivity contribution in [3.05, 3.63) is 69.3 Å². The molecular formula is C23H28N4O4. The minimum Gasteiger partial charge on any atom is -0.378 e. The Morgan fingerprint density at radius 1 is 1.00 bits per heavy atom. The van der Waals surface area contributed by atoms with Gasteiger partial charge >= 0.3 is 0 Å². The van der Waals surface area contributed by atoms with E-state index < -0.39 is 4.92 Å². The Hall–Kier alpha value is -2.97. The summed E-state index contributed by atoms with van der Waals surface area (Å²) in [6.07, 6.45) is 2.54. The van der Waals surface area contributed by atoms with Crippen LogP contribution in [0.3, 0.4) is 0 Å². The zero-order valence-corrected chi connectivity index (χ0v) is 17.6. The molecule has 0 unspecified atom stereocenters. The summed E-state index contributed by atoms with van der Waals surface area (Å²) in [7, 11) is 0. The van der Waals surface area contributed by atoms with Gasteiger partial charge in [-0.05, 0) is 43.1 Å². The first-order valence-corrected chi connectivity index (χ1v) is 10.8. The molecule has 0 radical (unpaired) electrons. The topological polar surface area (TPSA) is 88.0 Å². The van der Waals surface area contributed by atoms with E-state index in [2.05, 4.69) is 22.3 Å². The van der Waals surface area contributed by atoms with Crippen LogP contribution >= 0.6 is 0 Å². The maximum atomic E-state index is 13.0. The Kier molecular flexibility index (Phi) is 6.79. The summed E-state index contributed by atoms with van der Waals surface area (Å²) in [5.41, 5.74) is 3.20. The van der Waals surface area contributed by atoms with Gasteiger partial charge in [0.05, 0.1) is 29.4 Å². The largest absolute Gasteiger partial charge is 0.378 e. The van der Waals surface area contributed by atoms with E-state index in [0.717, 1.165) is 25.2 Å². The number of nitrogens with one attached hydrogen (secondary N) is 1. The van der Waals surface area contributed by atoms with Crippen LogP contribution in [0.1, 0.15) is 34.3 Å². The molecule has 2 aliphatic rings. The molecule has 0 spiro atoms. The normalized spacial score (nSPS) is 17.0. The highest BCUT2D eigenvalue weighted by molar-refractivity contribution is 6.00. The SMILES string of the molecule is O=C(NCc1ccc(CN2CCCC2)cc1)c1cc([N+](=O)[O-])ccc1N1CCOCC1. The number of nitro groups is 1. The number of non-ortho nitro benzene ring substituents is 1. The second-order valence-corrected chi connectivity index (χ2v) is 8.04. The van der Waals surface area contributed by atoms with Crippen LogP contribution in [0.15, 0.2) is 42.5 Å². The molecule has 2 fully saturated rings. The van der Waals surface area contributed by atoms with Crippen molar-refractivity contribution in [3.63, 3.8) is 0 Å². The summed E-state index contributed by atoms with van der Waals surface area (Å²) in [5, 5.41) is 14.2. The monoisotopic (exact) mass is 424 g/mol. The van der Waals surface area contributed by atoms with Crippen molar-refractivity contribution >= 4 is 17.3 Å². The van der Waals surface area contributed by atoms with Crippen molar-refractivity contribution in [1.82, 2.24) is 10.2 Å². The number of morpholine rings is 1. The minimum atomic E-state index is -0.473. The Labute approximate surface area is 181 Å². The fourth-order valence-corrected chi connectivity index (χ4v) is 4.14. The molecule has 2 aromatic carbocycles. The Morgan fingerprint density at radius 3 is 2.35 bits per heavy atom. The van der Waals surface area contributed by atoms with Gasteiger partial charge in [-0.3, -0.25) is 19.8 Å². The fraction of sp³-hybridized carbons (Fsp3) is 0.435. The van der Waals surface area contributed by atoms with Crippen molar-refractivity contribution in [3.8, 4) is 0 Å². The summed E-state index contributed by atoms with van der Waals surface area (Å²) < 4.78 is 5.39. The van der Waals surface area contributed by atoms with Crippen molar-refractivity contribution in [2.45, 2.75) is 25.9 Å². The molecule has 1 N–H and O–H groups in total. The molecule has 164 valence electrons. The van der Waals surface area contributed by atoms with Gasteiger partial charge in [0.15, 0.2) is 0 Å². The van der Waals surface area contributed by atoms with Crippen LogP contribution in [0, 0.1) is 10.1 Å². The molecule has 1 amide bonds. The molecule has 2 aliphatic heterocycles. The molecule has 0 aliphatic carbocycles. The highest BCUT2D eigenvalue weighted by Gasteiger charge is 2.22. The zero-order valence-electron chi connectivity index (χ0n) is 17.6. The van der Waals surface area contributed by atoms with Crippen LogP contribution in [-0.2, 0) is 17.8 Å². The third-order valence-corrected chi connectivity index (χ3v) is 5.87. The summed E-state index contributed by atoms with van der Waals surface area (Å²) in [4.78, 5) is 28.2. The van der Waals surface area contributed by atoms with Crippen molar-refractivity contribution in [2.75, 3.05) is 44.3 Å². The second kappa shape index (κ2) is 9.89. The number of rotatable bonds is 7. The lowest BCUT2D eigenvalue weighted by Crippen LogP contribution is -2.38. The van der Waals surface area contributed by atoms with Gasteiger partial charge in [0, 0.05) is 38.3 Å². The molecule has 0 atom stereocenters. The zero-order chi connectivity index (χ0) is 21.6. The number of hydrogen-bond donors (Lipinski definition) is 1. The number of carbonyl (C=O) groups is 1. The fourth-order valence-electron chi connectivity index (χ4n) is 4.14. The molecular weight excluding hydrogens is 396 g/mol. The maximum Gasteiger partial charge on any atom is 0.270 e. The third-order valence-electron chi connectivity index (χ3n) is 5.87. The van der Waals surface area contributed by atoms with Crippen LogP contribution in [-0.4, -0.2) is 55.1 Å². The number of carbonyl (C=O) groups excluding carboxylic acids is 1. The number of nitro benzene ring substituents is 1. The van der Waals surface area contributed by atoms with Crippen molar-refractivity contribution < 1.29 is 14.5 Å². The Morgan fingerprint density at radius 2 is 1.68 bits per heavy atom. The highest BCUT2D eigenvalue weighted by atomic mass is 16.6. The smallest absolute Gasteiger partial charge is 0.270 e. The molecule has 0 bridgehead atoms. The minimum absolute atomic E-state index is 0.0894. The van der Waals surface area contributed by atoms with E-state index >= 15 is 0 Å². The van der Waals surface area contributed by atoms with Crippen LogP contribution in [0.4, 0.5) is 11.4 Å². The number of benzene rings is 2. The van der Waals surface area contributed by atoms with E-state index in [1.807, 2.05) is 17.0 Å². The van der Waals surface area contributed by atoms with Crippen LogP contribution in [0.2, 0.25) is 0 Å². The van der Waals surface area contributed by atoms with E-state index in [0.29, 0.717) is 44.1 Å². The average Bonchev–Trinajstić information content (AvgIpc) is 3.31. The standard InChI is InChI=1S/C23H28N4O4/c28-23(24-16-18-3-5-19(6-4-18)17-25-9-1-2-10-25)21-15-20(27(29)30)7-8-22(21)26-11-13-31-14-12-26/h3-8,15H,1-2,9-14,16-17H2,(H,24,28). The summed E-state index contributed by atoms with van der Waals surface area (Å²) in [6.45, 7) is 6.09. The molecule has 0 aromatic heterocycles. The molecule has 2 aromatic rings. The van der Waals surface area contributed by atoms with Gasteiger partial charge in [-0.2, -0.15) is 0 Å². The van der Waals surface area contributed by atoms with E-state index in [1.165, 1.54) is 30.5 Å². The van der Waals surface area contributed by atoms with Crippen LogP contribution in [0.25, 0.3) is 0 Å². The predicted octanol–water partition coefficient (Wildman–Crippen LogP) is 2.96. The van der Waals surface area contributed by atoms with E-state index in [9.17, 15) is 14.9 Å². The second-order valence-electron chi connectivity index (χ2n) is 8.04. The first kappa shape index (κ1) is 21.3. The first-order chi connectivity index (χ1) is 15.1. The number of anilines is 1. The molecule has 4 rings (SSSR count). The quantitative estimate of drug-likeness (QED) is 0.543. The Bertz CT molecular complexity index is 920. The summed E-state index contributed by atoms with van der Waals surface area (Å²) in [6, 6.07) is 12.7. The Balaban J connectivity index is 1.43. The number of nitrogens with zero attached hydrogens (tertiary/aromatic N) is 3. The molecule has 8 nitrogen and oxygen atoms in total. The van der Waals surface area contributed by atoms with Crippen LogP contribution in [0.5, 0.6) is 0 Å². The molecule has 2 heterocycles. The van der Waals surface area contributed by atoms with Gasteiger partial charge in [-0.25, -0.2) is 0 Å². The van der Waals surface area contributed by atoms with Gasteiger partial charge < -0.3 is 15.0 Å². The number of ether oxygens (including phenoxy) is 1. The summed E-state index contributed by atoms with van der Waals surface area (Å²) in [5.74, 6) is -0.314. The average molecular weight is 425 g/mol. The van der Waals surface area contributed by atoms with E-state index in [1.54, 1.807) is 6.07 Å². The van der Waals surface area contributed by atoms with Gasteiger partial charge in [-0.1, -0.05) is 24.3 Å². The molecule has 8 heteroatoms. The highest BCUT2D eigenvalue weighted by Crippen LogP contribution is 2.26. The summed E-state index contributed by atoms with van der Waals surface area (Å²) >= 11 is 0. The molecule has 0 saturated carbocycles. The lowest BCUT2D eigenvalue weighted by molar-refractivity contribution is -0.384. The maximum absolute atomic E-state index is 13.0. The third kappa shape index (κ3) is 5.39. The molecule has 31 heavy (non-hydrogen) atoms. The van der Waals surface area contributed by atoms with Crippen molar-refractivity contribution in [1.29, 1.82) is 0 Å². The van der Waals surface area contributed by atoms with E-state index in [4.69, 9.17) is 4.74 Å². The number of hydrogen-bond acceptors (Lipinski definition) is 6. The number of likely N-dealkylation sites (tertiary alicyclic amines) is 1.